The van der Waals surface area contributed by atoms with Gasteiger partial charge < -0.3 is 5.32 Å². The number of hydrogen-bond acceptors (Lipinski definition) is 5. The number of benzene rings is 2. The molecule has 1 fully saturated rings. The van der Waals surface area contributed by atoms with E-state index in [0.717, 1.165) is 25.7 Å². The molecule has 8 nitrogen and oxygen atoms in total. The first kappa shape index (κ1) is 23.1. The normalized spacial score (nSPS) is 15.3. The molecule has 2 heterocycles. The molecule has 0 spiro atoms. The number of nitrogens with one attached hydrogen (secondary N) is 1. The molecular weight excluding hydrogens is 440 g/mol. The molecule has 0 atom stereocenters. The lowest BCUT2D eigenvalue weighted by Crippen LogP contribution is -2.32. The van der Waals surface area contributed by atoms with Crippen LogP contribution in [0.5, 0.6) is 0 Å². The van der Waals surface area contributed by atoms with Crippen LogP contribution in [0.15, 0.2) is 58.2 Å². The summed E-state index contributed by atoms with van der Waals surface area (Å²) in [5.74, 6) is 0.244. The predicted octanol–water partition coefficient (Wildman–Crippen LogP) is 3.07. The molecule has 33 heavy (non-hydrogen) atoms. The summed E-state index contributed by atoms with van der Waals surface area (Å²) < 4.78 is 29.1. The average molecular weight is 469 g/mol. The second-order valence-electron chi connectivity index (χ2n) is 8.30. The SMILES string of the molecule is Cn1c(CCC(=O)Nc2cccc(S(=O)(=O)N3CCCCCC3)c2)nc2ccccc2c1=O. The first-order valence-electron chi connectivity index (χ1n) is 11.2. The Kier molecular flexibility index (Phi) is 6.90. The Morgan fingerprint density at radius 1 is 1.03 bits per heavy atom. The largest absolute Gasteiger partial charge is 0.326 e. The fourth-order valence-electron chi connectivity index (χ4n) is 4.10. The van der Waals surface area contributed by atoms with E-state index in [9.17, 15) is 18.0 Å². The van der Waals surface area contributed by atoms with Crippen molar-refractivity contribution in [1.29, 1.82) is 0 Å². The number of rotatable bonds is 6. The van der Waals surface area contributed by atoms with Crippen LogP contribution >= 0.6 is 0 Å². The van der Waals surface area contributed by atoms with E-state index in [4.69, 9.17) is 0 Å². The number of aromatic nitrogens is 2. The van der Waals surface area contributed by atoms with Gasteiger partial charge in [-0.25, -0.2) is 13.4 Å². The highest BCUT2D eigenvalue weighted by Crippen LogP contribution is 2.23. The van der Waals surface area contributed by atoms with Crippen LogP contribution in [0.2, 0.25) is 0 Å². The Morgan fingerprint density at radius 3 is 2.52 bits per heavy atom. The van der Waals surface area contributed by atoms with Gasteiger partial charge in [0.15, 0.2) is 0 Å². The Hall–Kier alpha value is -3.04. The van der Waals surface area contributed by atoms with E-state index in [2.05, 4.69) is 10.3 Å². The average Bonchev–Trinajstić information content (AvgIpc) is 3.11. The minimum Gasteiger partial charge on any atom is -0.326 e. The van der Waals surface area contributed by atoms with Crippen molar-refractivity contribution in [2.24, 2.45) is 7.05 Å². The summed E-state index contributed by atoms with van der Waals surface area (Å²) in [4.78, 5) is 29.8. The molecule has 0 aliphatic carbocycles. The van der Waals surface area contributed by atoms with Crippen molar-refractivity contribution in [1.82, 2.24) is 13.9 Å². The van der Waals surface area contributed by atoms with E-state index in [1.807, 2.05) is 6.07 Å². The lowest BCUT2D eigenvalue weighted by atomic mass is 10.2. The molecule has 0 saturated carbocycles. The van der Waals surface area contributed by atoms with Gasteiger partial charge in [-0.05, 0) is 43.2 Å². The Balaban J connectivity index is 1.45. The highest BCUT2D eigenvalue weighted by Gasteiger charge is 2.25. The van der Waals surface area contributed by atoms with Crippen molar-refractivity contribution < 1.29 is 13.2 Å². The summed E-state index contributed by atoms with van der Waals surface area (Å²) in [5, 5.41) is 3.31. The van der Waals surface area contributed by atoms with Crippen LogP contribution in [0.25, 0.3) is 10.9 Å². The minimum atomic E-state index is -3.60. The molecule has 4 rings (SSSR count). The summed E-state index contributed by atoms with van der Waals surface area (Å²) in [7, 11) is -1.95. The summed E-state index contributed by atoms with van der Waals surface area (Å²) >= 11 is 0. The molecule has 1 aliphatic rings. The second-order valence-corrected chi connectivity index (χ2v) is 10.2. The van der Waals surface area contributed by atoms with Gasteiger partial charge in [-0.1, -0.05) is 31.0 Å². The van der Waals surface area contributed by atoms with Crippen LogP contribution in [-0.2, 0) is 28.3 Å². The summed E-state index contributed by atoms with van der Waals surface area (Å²) in [6.45, 7) is 1.05. The number of hydrogen-bond donors (Lipinski definition) is 1. The lowest BCUT2D eigenvalue weighted by molar-refractivity contribution is -0.116. The van der Waals surface area contributed by atoms with Crippen molar-refractivity contribution in [3.63, 3.8) is 0 Å². The molecule has 0 unspecified atom stereocenters. The minimum absolute atomic E-state index is 0.113. The molecule has 0 radical (unpaired) electrons. The molecular formula is C24H28N4O4S. The standard InChI is InChI=1S/C24H28N4O4S/c1-27-22(26-21-12-5-4-11-20(21)24(27)30)13-14-23(29)25-18-9-8-10-19(17-18)33(31,32)28-15-6-2-3-7-16-28/h4-5,8-12,17H,2-3,6-7,13-16H2,1H3,(H,25,29). The van der Waals surface area contributed by atoms with E-state index in [0.29, 0.717) is 35.5 Å². The van der Waals surface area contributed by atoms with Gasteiger partial charge in [0.1, 0.15) is 5.82 Å². The van der Waals surface area contributed by atoms with Crippen LogP contribution in [0.4, 0.5) is 5.69 Å². The van der Waals surface area contributed by atoms with Crippen LogP contribution in [0.1, 0.15) is 37.9 Å². The lowest BCUT2D eigenvalue weighted by Gasteiger charge is -2.20. The smallest absolute Gasteiger partial charge is 0.261 e. The van der Waals surface area contributed by atoms with Gasteiger partial charge in [0, 0.05) is 38.7 Å². The van der Waals surface area contributed by atoms with Gasteiger partial charge in [0.2, 0.25) is 15.9 Å². The zero-order chi connectivity index (χ0) is 23.4. The highest BCUT2D eigenvalue weighted by atomic mass is 32.2. The molecule has 1 saturated heterocycles. The zero-order valence-electron chi connectivity index (χ0n) is 18.7. The number of carbonyl (C=O) groups excluding carboxylic acids is 1. The maximum atomic E-state index is 13.0. The van der Waals surface area contributed by atoms with E-state index in [-0.39, 0.29) is 29.2 Å². The third kappa shape index (κ3) is 5.15. The molecule has 2 aromatic carbocycles. The molecule has 1 amide bonds. The third-order valence-electron chi connectivity index (χ3n) is 5.97. The number of anilines is 1. The van der Waals surface area contributed by atoms with Gasteiger partial charge in [-0.3, -0.25) is 14.2 Å². The van der Waals surface area contributed by atoms with Gasteiger partial charge in [-0.15, -0.1) is 0 Å². The van der Waals surface area contributed by atoms with Crippen LogP contribution in [0.3, 0.4) is 0 Å². The van der Waals surface area contributed by atoms with Gasteiger partial charge in [-0.2, -0.15) is 4.31 Å². The molecule has 0 bridgehead atoms. The van der Waals surface area contributed by atoms with Crippen molar-refractivity contribution in [2.75, 3.05) is 18.4 Å². The van der Waals surface area contributed by atoms with Crippen molar-refractivity contribution >= 4 is 32.5 Å². The number of para-hydroxylation sites is 1. The Labute approximate surface area is 193 Å². The summed E-state index contributed by atoms with van der Waals surface area (Å²) in [6.07, 6.45) is 4.21. The van der Waals surface area contributed by atoms with E-state index >= 15 is 0 Å². The maximum Gasteiger partial charge on any atom is 0.261 e. The molecule has 1 aliphatic heterocycles. The summed E-state index contributed by atoms with van der Waals surface area (Å²) in [5.41, 5.74) is 0.876. The van der Waals surface area contributed by atoms with E-state index < -0.39 is 10.0 Å². The quantitative estimate of drug-likeness (QED) is 0.599. The second kappa shape index (κ2) is 9.84. The Morgan fingerprint density at radius 2 is 1.76 bits per heavy atom. The molecule has 9 heteroatoms. The van der Waals surface area contributed by atoms with Crippen LogP contribution in [0, 0.1) is 0 Å². The number of nitrogens with zero attached hydrogens (tertiary/aromatic N) is 3. The fraction of sp³-hybridized carbons (Fsp3) is 0.375. The highest BCUT2D eigenvalue weighted by molar-refractivity contribution is 7.89. The van der Waals surface area contributed by atoms with Crippen LogP contribution < -0.4 is 10.9 Å². The first-order chi connectivity index (χ1) is 15.9. The Bertz CT molecular complexity index is 1330. The van der Waals surface area contributed by atoms with Crippen molar-refractivity contribution in [3.05, 3.63) is 64.7 Å². The molecule has 3 aromatic rings. The van der Waals surface area contributed by atoms with E-state index in [1.165, 1.54) is 14.9 Å². The number of sulfonamides is 1. The maximum absolute atomic E-state index is 13.0. The number of aryl methyl sites for hydroxylation is 1. The molecule has 1 aromatic heterocycles. The van der Waals surface area contributed by atoms with Crippen molar-refractivity contribution in [2.45, 2.75) is 43.4 Å². The topological polar surface area (TPSA) is 101 Å². The first-order valence-corrected chi connectivity index (χ1v) is 12.6. The van der Waals surface area contributed by atoms with Crippen molar-refractivity contribution in [3.8, 4) is 0 Å². The molecule has 174 valence electrons. The number of fused-ring (bicyclic) bond motifs is 1. The van der Waals surface area contributed by atoms with Gasteiger partial charge in [0.25, 0.3) is 5.56 Å². The number of amides is 1. The van der Waals surface area contributed by atoms with E-state index in [1.54, 1.807) is 43.4 Å². The summed E-state index contributed by atoms with van der Waals surface area (Å²) in [6, 6.07) is 13.5. The predicted molar refractivity (Wildman–Crippen MR) is 128 cm³/mol. The van der Waals surface area contributed by atoms with Gasteiger partial charge >= 0.3 is 0 Å². The monoisotopic (exact) mass is 468 g/mol. The fourth-order valence-corrected chi connectivity index (χ4v) is 5.67. The molecule has 1 N–H and O–H groups in total. The van der Waals surface area contributed by atoms with Crippen LogP contribution in [-0.4, -0.2) is 41.3 Å². The number of carbonyl (C=O) groups is 1. The zero-order valence-corrected chi connectivity index (χ0v) is 19.5. The van der Waals surface area contributed by atoms with Gasteiger partial charge in [0.05, 0.1) is 15.8 Å². The third-order valence-corrected chi connectivity index (χ3v) is 7.87.